The lowest BCUT2D eigenvalue weighted by Gasteiger charge is -2.17. The molecular weight excluding hydrogens is 324 g/mol. The minimum absolute atomic E-state index is 0.0539. The summed E-state index contributed by atoms with van der Waals surface area (Å²) in [6.45, 7) is 1.41. The van der Waals surface area contributed by atoms with E-state index in [0.717, 1.165) is 13.0 Å². The molecule has 0 radical (unpaired) electrons. The fourth-order valence-electron chi connectivity index (χ4n) is 3.02. The van der Waals surface area contributed by atoms with Crippen molar-refractivity contribution < 1.29 is 13.2 Å². The van der Waals surface area contributed by atoms with E-state index in [-0.39, 0.29) is 10.8 Å². The Morgan fingerprint density at radius 2 is 1.75 bits per heavy atom. The number of carbonyl (C=O) groups is 1. The average molecular weight is 344 g/mol. The number of amides is 1. The van der Waals surface area contributed by atoms with Crippen LogP contribution in [-0.4, -0.2) is 39.4 Å². The monoisotopic (exact) mass is 344 g/mol. The van der Waals surface area contributed by atoms with Gasteiger partial charge >= 0.3 is 0 Å². The normalized spacial score (nSPS) is 17.9. The topological polar surface area (TPSA) is 66.5 Å². The number of hydrogen-bond donors (Lipinski definition) is 1. The molecule has 6 heteroatoms. The second kappa shape index (κ2) is 6.75. The third-order valence-corrected chi connectivity index (χ3v) is 5.86. The average Bonchev–Trinajstić information content (AvgIpc) is 3.12. The Kier molecular flexibility index (Phi) is 4.69. The van der Waals surface area contributed by atoms with E-state index in [0.29, 0.717) is 18.0 Å². The molecule has 1 N–H and O–H groups in total. The fourth-order valence-corrected chi connectivity index (χ4v) is 3.75. The molecule has 5 nitrogen and oxygen atoms in total. The van der Waals surface area contributed by atoms with Crippen LogP contribution in [0.3, 0.4) is 0 Å². The predicted octanol–water partition coefficient (Wildman–Crippen LogP) is 2.22. The van der Waals surface area contributed by atoms with Crippen LogP contribution < -0.4 is 4.72 Å². The zero-order valence-electron chi connectivity index (χ0n) is 13.5. The van der Waals surface area contributed by atoms with Crippen LogP contribution in [0.1, 0.15) is 28.3 Å². The molecule has 1 saturated heterocycles. The van der Waals surface area contributed by atoms with Gasteiger partial charge in [0.1, 0.15) is 0 Å². The van der Waals surface area contributed by atoms with Gasteiger partial charge in [-0.15, -0.1) is 0 Å². The van der Waals surface area contributed by atoms with Gasteiger partial charge in [-0.3, -0.25) is 4.79 Å². The van der Waals surface area contributed by atoms with Crippen molar-refractivity contribution in [3.63, 3.8) is 0 Å². The molecule has 1 aliphatic rings. The summed E-state index contributed by atoms with van der Waals surface area (Å²) >= 11 is 0. The molecule has 24 heavy (non-hydrogen) atoms. The number of sulfonamides is 1. The third kappa shape index (κ3) is 3.34. The van der Waals surface area contributed by atoms with E-state index < -0.39 is 10.0 Å². The van der Waals surface area contributed by atoms with Crippen molar-refractivity contribution in [3.8, 4) is 0 Å². The van der Waals surface area contributed by atoms with E-state index in [4.69, 9.17) is 0 Å². The molecule has 1 aliphatic heterocycles. The van der Waals surface area contributed by atoms with Gasteiger partial charge in [0, 0.05) is 24.6 Å². The summed E-state index contributed by atoms with van der Waals surface area (Å²) in [7, 11) is -2.12. The molecule has 0 aromatic heterocycles. The van der Waals surface area contributed by atoms with Crippen LogP contribution in [0.15, 0.2) is 59.5 Å². The zero-order chi connectivity index (χ0) is 17.2. The Hall–Kier alpha value is -2.18. The summed E-state index contributed by atoms with van der Waals surface area (Å²) in [4.78, 5) is 14.6. The first-order valence-electron chi connectivity index (χ1n) is 7.89. The molecule has 0 spiro atoms. The largest absolute Gasteiger partial charge is 0.338 e. The van der Waals surface area contributed by atoms with Crippen LogP contribution >= 0.6 is 0 Å². The van der Waals surface area contributed by atoms with Crippen molar-refractivity contribution in [1.82, 2.24) is 9.62 Å². The lowest BCUT2D eigenvalue weighted by Crippen LogP contribution is -2.28. The third-order valence-electron chi connectivity index (χ3n) is 4.43. The van der Waals surface area contributed by atoms with Crippen LogP contribution in [-0.2, 0) is 10.0 Å². The molecule has 1 heterocycles. The van der Waals surface area contributed by atoms with Crippen LogP contribution in [0.4, 0.5) is 0 Å². The van der Waals surface area contributed by atoms with Crippen molar-refractivity contribution in [1.29, 1.82) is 0 Å². The quantitative estimate of drug-likeness (QED) is 0.925. The number of nitrogens with zero attached hydrogens (tertiary/aromatic N) is 1. The first-order valence-corrected chi connectivity index (χ1v) is 9.37. The minimum atomic E-state index is -3.48. The van der Waals surface area contributed by atoms with Gasteiger partial charge in [0.15, 0.2) is 0 Å². The van der Waals surface area contributed by atoms with Crippen molar-refractivity contribution in [2.75, 3.05) is 20.1 Å². The number of rotatable bonds is 4. The first-order chi connectivity index (χ1) is 11.5. The number of nitrogens with one attached hydrogen (secondary N) is 1. The van der Waals surface area contributed by atoms with Crippen molar-refractivity contribution in [3.05, 3.63) is 65.7 Å². The van der Waals surface area contributed by atoms with Crippen LogP contribution in [0, 0.1) is 0 Å². The highest BCUT2D eigenvalue weighted by Crippen LogP contribution is 2.28. The molecule has 0 saturated carbocycles. The second-order valence-electron chi connectivity index (χ2n) is 5.88. The summed E-state index contributed by atoms with van der Waals surface area (Å²) in [5.74, 6) is 0.306. The van der Waals surface area contributed by atoms with Gasteiger partial charge < -0.3 is 4.90 Å². The van der Waals surface area contributed by atoms with Crippen LogP contribution in [0.5, 0.6) is 0 Å². The first kappa shape index (κ1) is 16.7. The molecule has 1 atom stereocenters. The highest BCUT2D eigenvalue weighted by Gasteiger charge is 2.28. The maximum absolute atomic E-state index is 12.6. The lowest BCUT2D eigenvalue weighted by molar-refractivity contribution is 0.0790. The summed E-state index contributed by atoms with van der Waals surface area (Å²) in [6.07, 6.45) is 0.946. The van der Waals surface area contributed by atoms with E-state index in [1.165, 1.54) is 24.7 Å². The highest BCUT2D eigenvalue weighted by atomic mass is 32.2. The van der Waals surface area contributed by atoms with Gasteiger partial charge in [0.25, 0.3) is 5.91 Å². The summed E-state index contributed by atoms with van der Waals surface area (Å²) in [5, 5.41) is 0. The molecule has 1 amide bonds. The van der Waals surface area contributed by atoms with Gasteiger partial charge in [-0.25, -0.2) is 13.1 Å². The summed E-state index contributed by atoms with van der Waals surface area (Å²) in [6, 6.07) is 16.3. The predicted molar refractivity (Wildman–Crippen MR) is 92.4 cm³/mol. The lowest BCUT2D eigenvalue weighted by atomic mass is 9.99. The maximum Gasteiger partial charge on any atom is 0.253 e. The Balaban J connectivity index is 1.71. The molecule has 0 bridgehead atoms. The summed E-state index contributed by atoms with van der Waals surface area (Å²) < 4.78 is 25.7. The Morgan fingerprint density at radius 3 is 2.38 bits per heavy atom. The molecule has 2 aromatic rings. The molecule has 2 aromatic carbocycles. The van der Waals surface area contributed by atoms with Crippen molar-refractivity contribution >= 4 is 15.9 Å². The van der Waals surface area contributed by atoms with Crippen molar-refractivity contribution in [2.45, 2.75) is 17.2 Å². The van der Waals surface area contributed by atoms with Crippen LogP contribution in [0.2, 0.25) is 0 Å². The Bertz CT molecular complexity index is 817. The van der Waals surface area contributed by atoms with Gasteiger partial charge in [0.2, 0.25) is 10.0 Å². The van der Waals surface area contributed by atoms with Gasteiger partial charge in [0.05, 0.1) is 4.90 Å². The highest BCUT2D eigenvalue weighted by molar-refractivity contribution is 7.89. The van der Waals surface area contributed by atoms with E-state index in [1.807, 2.05) is 23.1 Å². The van der Waals surface area contributed by atoms with Crippen molar-refractivity contribution in [2.24, 2.45) is 0 Å². The van der Waals surface area contributed by atoms with Gasteiger partial charge in [-0.2, -0.15) is 0 Å². The van der Waals surface area contributed by atoms with Gasteiger partial charge in [-0.05, 0) is 43.3 Å². The summed E-state index contributed by atoms with van der Waals surface area (Å²) in [5.41, 5.74) is 1.77. The maximum atomic E-state index is 12.6. The van der Waals surface area contributed by atoms with Crippen LogP contribution in [0.25, 0.3) is 0 Å². The minimum Gasteiger partial charge on any atom is -0.338 e. The molecule has 0 unspecified atom stereocenters. The smallest absolute Gasteiger partial charge is 0.253 e. The number of likely N-dealkylation sites (tertiary alicyclic amines) is 1. The zero-order valence-corrected chi connectivity index (χ0v) is 14.3. The molecule has 1 fully saturated rings. The van der Waals surface area contributed by atoms with E-state index >= 15 is 0 Å². The fraction of sp³-hybridized carbons (Fsp3) is 0.278. The Labute approximate surface area is 142 Å². The number of carbonyl (C=O) groups excluding carboxylic acids is 1. The SMILES string of the molecule is CNS(=O)(=O)c1ccc(C(=O)N2CC[C@H](c3ccccc3)C2)cc1. The van der Waals surface area contributed by atoms with Gasteiger partial charge in [-0.1, -0.05) is 30.3 Å². The van der Waals surface area contributed by atoms with E-state index in [1.54, 1.807) is 12.1 Å². The standard InChI is InChI=1S/C18H20N2O3S/c1-19-24(22,23)17-9-7-15(8-10-17)18(21)20-12-11-16(13-20)14-5-3-2-4-6-14/h2-10,16,19H,11-13H2,1H3/t16-/m0/s1. The molecule has 3 rings (SSSR count). The number of hydrogen-bond acceptors (Lipinski definition) is 3. The second-order valence-corrected chi connectivity index (χ2v) is 7.77. The number of benzene rings is 2. The molecular formula is C18H20N2O3S. The van der Waals surface area contributed by atoms with E-state index in [9.17, 15) is 13.2 Å². The Morgan fingerprint density at radius 1 is 1.08 bits per heavy atom. The van der Waals surface area contributed by atoms with E-state index in [2.05, 4.69) is 16.9 Å². The molecule has 126 valence electrons. The molecule has 0 aliphatic carbocycles.